The Morgan fingerprint density at radius 1 is 1.11 bits per heavy atom. The third-order valence-corrected chi connectivity index (χ3v) is 4.23. The van der Waals surface area contributed by atoms with Crippen molar-refractivity contribution in [2.75, 3.05) is 11.4 Å². The fraction of sp³-hybridized carbons (Fsp3) is 0.429. The average molecular weight is 300 g/mol. The molecule has 5 heteroatoms. The molecule has 1 aromatic rings. The Labute approximate surface area is 122 Å². The van der Waals surface area contributed by atoms with E-state index in [4.69, 9.17) is 23.2 Å². The number of carbonyl (C=O) groups excluding carboxylic acids is 2. The Hall–Kier alpha value is -1.06. The van der Waals surface area contributed by atoms with E-state index in [2.05, 4.69) is 13.8 Å². The summed E-state index contributed by atoms with van der Waals surface area (Å²) in [6, 6.07) is 3.17. The van der Waals surface area contributed by atoms with Crippen LogP contribution >= 0.6 is 23.2 Å². The molecule has 2 rings (SSSR count). The number of fused-ring (bicyclic) bond motifs is 1. The minimum Gasteiger partial charge on any atom is -0.303 e. The fourth-order valence-electron chi connectivity index (χ4n) is 2.33. The molecule has 102 valence electrons. The highest BCUT2D eigenvalue weighted by atomic mass is 35.5. The lowest BCUT2D eigenvalue weighted by Gasteiger charge is -2.22. The lowest BCUT2D eigenvalue weighted by Crippen LogP contribution is -2.34. The number of ketones is 1. The average Bonchev–Trinajstić information content (AvgIpc) is 2.66. The van der Waals surface area contributed by atoms with Crippen molar-refractivity contribution in [2.45, 2.75) is 26.7 Å². The molecule has 1 aliphatic heterocycles. The molecule has 0 fully saturated rings. The molecule has 0 spiro atoms. The molecule has 0 saturated heterocycles. The van der Waals surface area contributed by atoms with E-state index in [1.807, 2.05) is 0 Å². The molecule has 1 heterocycles. The van der Waals surface area contributed by atoms with Gasteiger partial charge in [0.15, 0.2) is 0 Å². The zero-order valence-electron chi connectivity index (χ0n) is 10.9. The van der Waals surface area contributed by atoms with Gasteiger partial charge in [-0.05, 0) is 18.1 Å². The predicted molar refractivity (Wildman–Crippen MR) is 77.2 cm³/mol. The van der Waals surface area contributed by atoms with Crippen LogP contribution in [0.5, 0.6) is 0 Å². The van der Waals surface area contributed by atoms with Crippen LogP contribution in [0.1, 0.15) is 37.0 Å². The van der Waals surface area contributed by atoms with Gasteiger partial charge in [0.1, 0.15) is 0 Å². The molecule has 1 amide bonds. The first-order valence-electron chi connectivity index (χ1n) is 6.35. The highest BCUT2D eigenvalue weighted by Gasteiger charge is 2.39. The molecule has 0 N–H and O–H groups in total. The van der Waals surface area contributed by atoms with Crippen molar-refractivity contribution in [1.82, 2.24) is 0 Å². The van der Waals surface area contributed by atoms with Crippen molar-refractivity contribution in [3.8, 4) is 0 Å². The van der Waals surface area contributed by atoms with Crippen molar-refractivity contribution in [1.29, 1.82) is 0 Å². The summed E-state index contributed by atoms with van der Waals surface area (Å²) in [5.74, 6) is -0.747. The molecule has 19 heavy (non-hydrogen) atoms. The van der Waals surface area contributed by atoms with Gasteiger partial charge in [-0.1, -0.05) is 49.9 Å². The third kappa shape index (κ3) is 2.37. The summed E-state index contributed by atoms with van der Waals surface area (Å²) in [5.41, 5.74) is 0.709. The summed E-state index contributed by atoms with van der Waals surface area (Å²) in [4.78, 5) is 25.6. The van der Waals surface area contributed by atoms with Gasteiger partial charge < -0.3 is 4.90 Å². The van der Waals surface area contributed by atoms with Gasteiger partial charge in [0.05, 0.1) is 21.3 Å². The Bertz CT molecular complexity index is 538. The van der Waals surface area contributed by atoms with E-state index in [0.717, 1.165) is 12.8 Å². The van der Waals surface area contributed by atoms with E-state index in [-0.39, 0.29) is 10.6 Å². The molecule has 1 aromatic carbocycles. The fourth-order valence-corrected chi connectivity index (χ4v) is 2.83. The van der Waals surface area contributed by atoms with Crippen LogP contribution in [-0.4, -0.2) is 18.2 Å². The zero-order chi connectivity index (χ0) is 14.2. The normalized spacial score (nSPS) is 14.5. The quantitative estimate of drug-likeness (QED) is 0.789. The van der Waals surface area contributed by atoms with Crippen LogP contribution in [0.4, 0.5) is 5.69 Å². The maximum absolute atomic E-state index is 12.1. The van der Waals surface area contributed by atoms with Gasteiger partial charge >= 0.3 is 0 Å². The number of benzene rings is 1. The van der Waals surface area contributed by atoms with E-state index >= 15 is 0 Å². The van der Waals surface area contributed by atoms with Crippen LogP contribution in [0.15, 0.2) is 12.1 Å². The number of nitrogens with zero attached hydrogens (tertiary/aromatic N) is 1. The smallest absolute Gasteiger partial charge is 0.299 e. The van der Waals surface area contributed by atoms with E-state index in [1.165, 1.54) is 4.90 Å². The van der Waals surface area contributed by atoms with Crippen LogP contribution in [0.25, 0.3) is 0 Å². The van der Waals surface area contributed by atoms with Gasteiger partial charge in [0.2, 0.25) is 0 Å². The number of rotatable bonds is 4. The van der Waals surface area contributed by atoms with Crippen LogP contribution in [-0.2, 0) is 4.79 Å². The lowest BCUT2D eigenvalue weighted by atomic mass is 10.0. The van der Waals surface area contributed by atoms with Gasteiger partial charge in [-0.3, -0.25) is 9.59 Å². The summed E-state index contributed by atoms with van der Waals surface area (Å²) in [5, 5.41) is 0.675. The first-order valence-corrected chi connectivity index (χ1v) is 7.11. The summed E-state index contributed by atoms with van der Waals surface area (Å²) in [6.45, 7) is 4.64. The van der Waals surface area contributed by atoms with E-state index in [1.54, 1.807) is 12.1 Å². The van der Waals surface area contributed by atoms with Gasteiger partial charge in [-0.25, -0.2) is 0 Å². The highest BCUT2D eigenvalue weighted by Crippen LogP contribution is 2.40. The van der Waals surface area contributed by atoms with Crippen molar-refractivity contribution >= 4 is 40.6 Å². The maximum Gasteiger partial charge on any atom is 0.299 e. The minimum atomic E-state index is -0.562. The Balaban J connectivity index is 2.47. The Morgan fingerprint density at radius 2 is 1.68 bits per heavy atom. The van der Waals surface area contributed by atoms with Gasteiger partial charge in [0, 0.05) is 6.54 Å². The number of hydrogen-bond donors (Lipinski definition) is 0. The summed E-state index contributed by atoms with van der Waals surface area (Å²) in [6.07, 6.45) is 1.89. The number of anilines is 1. The van der Waals surface area contributed by atoms with Crippen molar-refractivity contribution in [3.63, 3.8) is 0 Å². The van der Waals surface area contributed by atoms with Crippen molar-refractivity contribution < 1.29 is 9.59 Å². The molecule has 0 aliphatic carbocycles. The number of hydrogen-bond acceptors (Lipinski definition) is 2. The molecule has 0 radical (unpaired) electrons. The number of Topliss-reactive ketones (excluding diaryl/α,β-unsaturated/α-hetero) is 1. The van der Waals surface area contributed by atoms with E-state index < -0.39 is 11.7 Å². The largest absolute Gasteiger partial charge is 0.303 e. The van der Waals surface area contributed by atoms with Crippen LogP contribution in [0.3, 0.4) is 0 Å². The second-order valence-corrected chi connectivity index (χ2v) is 5.49. The van der Waals surface area contributed by atoms with E-state index in [0.29, 0.717) is 23.2 Å². The third-order valence-electron chi connectivity index (χ3n) is 3.61. The van der Waals surface area contributed by atoms with Crippen molar-refractivity contribution in [2.24, 2.45) is 5.92 Å². The zero-order valence-corrected chi connectivity index (χ0v) is 12.4. The number of carbonyl (C=O) groups is 2. The van der Waals surface area contributed by atoms with Crippen molar-refractivity contribution in [3.05, 3.63) is 27.7 Å². The molecule has 1 aliphatic rings. The lowest BCUT2D eigenvalue weighted by molar-refractivity contribution is -0.114. The molecular weight excluding hydrogens is 285 g/mol. The summed E-state index contributed by atoms with van der Waals surface area (Å²) in [7, 11) is 0. The van der Waals surface area contributed by atoms with Crippen LogP contribution < -0.4 is 4.90 Å². The maximum atomic E-state index is 12.1. The molecule has 0 atom stereocenters. The van der Waals surface area contributed by atoms with Crippen LogP contribution in [0, 0.1) is 5.92 Å². The van der Waals surface area contributed by atoms with Gasteiger partial charge in [-0.2, -0.15) is 0 Å². The molecule has 0 aromatic heterocycles. The second-order valence-electron chi connectivity index (χ2n) is 4.68. The Kier molecular flexibility index (Phi) is 4.16. The second kappa shape index (κ2) is 5.51. The molecule has 0 bridgehead atoms. The first-order chi connectivity index (χ1) is 9.01. The SMILES string of the molecule is CCC(CC)CN1C(=O)C(=O)c2c(Cl)ccc(Cl)c21. The molecular formula is C14H15Cl2NO2. The summed E-state index contributed by atoms with van der Waals surface area (Å²) >= 11 is 12.1. The van der Waals surface area contributed by atoms with Gasteiger partial charge in [-0.15, -0.1) is 0 Å². The molecule has 3 nitrogen and oxygen atoms in total. The van der Waals surface area contributed by atoms with Crippen LogP contribution in [0.2, 0.25) is 10.0 Å². The monoisotopic (exact) mass is 299 g/mol. The van der Waals surface area contributed by atoms with Gasteiger partial charge in [0.25, 0.3) is 11.7 Å². The first kappa shape index (κ1) is 14.4. The minimum absolute atomic E-state index is 0.241. The Morgan fingerprint density at radius 3 is 2.26 bits per heavy atom. The number of halogens is 2. The number of amides is 1. The molecule has 0 unspecified atom stereocenters. The standard InChI is InChI=1S/C14H15Cl2NO2/c1-3-8(4-2)7-17-12-10(16)6-5-9(15)11(12)13(18)14(17)19/h5-6,8H,3-4,7H2,1-2H3. The molecule has 0 saturated carbocycles. The predicted octanol–water partition coefficient (Wildman–Crippen LogP) is 3.96. The van der Waals surface area contributed by atoms with E-state index in [9.17, 15) is 9.59 Å². The highest BCUT2D eigenvalue weighted by molar-refractivity contribution is 6.56. The summed E-state index contributed by atoms with van der Waals surface area (Å²) < 4.78 is 0. The topological polar surface area (TPSA) is 37.4 Å².